The summed E-state index contributed by atoms with van der Waals surface area (Å²) in [5.41, 5.74) is 19.1. The number of aryl methyl sites for hydroxylation is 4. The van der Waals surface area contributed by atoms with Crippen LogP contribution in [0.3, 0.4) is 0 Å². The Balaban J connectivity index is 0.00000533. The van der Waals surface area contributed by atoms with Crippen LogP contribution in [-0.4, -0.2) is 19.5 Å². The Morgan fingerprint density at radius 2 is 0.954 bits per heavy atom. The summed E-state index contributed by atoms with van der Waals surface area (Å²) in [4.78, 5) is 14.6. The fraction of sp³-hybridized carbons (Fsp3) is 0.0833. The van der Waals surface area contributed by atoms with Crippen LogP contribution in [0, 0.1) is 18.2 Å². The molecule has 0 saturated carbocycles. The van der Waals surface area contributed by atoms with Gasteiger partial charge in [-0.25, -0.2) is 0 Å². The smallest absolute Gasteiger partial charge is 0.371 e. The van der Waals surface area contributed by atoms with E-state index >= 15 is 0 Å². The Bertz CT molecular complexity index is 3130. The van der Waals surface area contributed by atoms with Crippen molar-refractivity contribution in [2.24, 2.45) is 7.05 Å². The van der Waals surface area contributed by atoms with E-state index in [0.717, 1.165) is 81.8 Å². The zero-order valence-electron chi connectivity index (χ0n) is 36.1. The number of imidazole rings is 1. The molecule has 65 heavy (non-hydrogen) atoms. The van der Waals surface area contributed by atoms with Crippen LogP contribution in [0.25, 0.3) is 78.4 Å². The number of rotatable bonds is 13. The van der Waals surface area contributed by atoms with Gasteiger partial charge in [-0.1, -0.05) is 121 Å². The maximum Gasteiger partial charge on any atom is 3.00 e. The second kappa shape index (κ2) is 20.0. The summed E-state index contributed by atoms with van der Waals surface area (Å²) in [6, 6.07) is 76.0. The number of pyridine rings is 2. The van der Waals surface area contributed by atoms with Gasteiger partial charge in [0.2, 0.25) is 0 Å². The Morgan fingerprint density at radius 1 is 0.385 bits per heavy atom. The predicted molar refractivity (Wildman–Crippen MR) is 261 cm³/mol. The molecule has 0 aliphatic rings. The fourth-order valence-electron chi connectivity index (χ4n) is 8.49. The van der Waals surface area contributed by atoms with E-state index in [-0.39, 0.29) is 20.1 Å². The van der Waals surface area contributed by atoms with Crippen LogP contribution in [0.4, 0.5) is 0 Å². The molecular formula is C60H45IrN4. The van der Waals surface area contributed by atoms with E-state index < -0.39 is 0 Å². The molecule has 10 aromatic rings. The molecule has 0 aliphatic carbocycles. The maximum atomic E-state index is 5.02. The van der Waals surface area contributed by atoms with Crippen molar-refractivity contribution < 1.29 is 20.1 Å². The molecule has 0 N–H and O–H groups in total. The normalized spacial score (nSPS) is 11.0. The minimum absolute atomic E-state index is 0. The van der Waals surface area contributed by atoms with E-state index in [0.29, 0.717) is 0 Å². The van der Waals surface area contributed by atoms with E-state index in [1.54, 1.807) is 0 Å². The predicted octanol–water partition coefficient (Wildman–Crippen LogP) is 13.8. The van der Waals surface area contributed by atoms with E-state index in [2.05, 4.69) is 163 Å². The standard InChI is InChI=1S/C60H45N4.Ir/c1-64-55(42-63-60(64)50-18-9-4-10-19-50)33-26-45-36-44(25-24-43-27-34-58(61-40-43)49-16-7-3-8-17-49)37-54(38-45)57-23-12-11-22-56(57)53-32-35-59(62-41-53)52-21-13-20-51(39-52)48-30-28-47(29-31-48)46-14-5-2-6-15-46;/h2-16,18,20,22-23,27-32,34-42H,24-26,33H2,1H3;/q-3;+3. The van der Waals surface area contributed by atoms with Crippen molar-refractivity contribution in [2.45, 2.75) is 25.7 Å². The molecule has 0 spiro atoms. The Morgan fingerprint density at radius 3 is 1.63 bits per heavy atom. The molecule has 0 amide bonds. The molecule has 0 saturated heterocycles. The van der Waals surface area contributed by atoms with Crippen molar-refractivity contribution >= 4 is 0 Å². The third kappa shape index (κ3) is 9.93. The van der Waals surface area contributed by atoms with E-state index in [4.69, 9.17) is 15.0 Å². The molecule has 0 unspecified atom stereocenters. The van der Waals surface area contributed by atoms with Crippen LogP contribution in [0.5, 0.6) is 0 Å². The van der Waals surface area contributed by atoms with Gasteiger partial charge in [0.1, 0.15) is 0 Å². The second-order valence-corrected chi connectivity index (χ2v) is 16.2. The Kier molecular flexibility index (Phi) is 13.2. The largest absolute Gasteiger partial charge is 3.00 e. The third-order valence-corrected chi connectivity index (χ3v) is 12.0. The molecule has 0 radical (unpaired) electrons. The summed E-state index contributed by atoms with van der Waals surface area (Å²) < 4.78 is 2.20. The molecule has 0 aliphatic heterocycles. The fourth-order valence-corrected chi connectivity index (χ4v) is 8.49. The number of nitrogens with zero attached hydrogens (tertiary/aromatic N) is 4. The van der Waals surface area contributed by atoms with Crippen LogP contribution in [0.15, 0.2) is 207 Å². The first-order chi connectivity index (χ1) is 31.6. The van der Waals surface area contributed by atoms with Gasteiger partial charge in [-0.3, -0.25) is 4.98 Å². The third-order valence-electron chi connectivity index (χ3n) is 12.0. The number of aromatic nitrogens is 4. The number of benzene rings is 7. The van der Waals surface area contributed by atoms with E-state index in [1.165, 1.54) is 44.6 Å². The summed E-state index contributed by atoms with van der Waals surface area (Å²) in [7, 11) is 2.10. The average Bonchev–Trinajstić information content (AvgIpc) is 3.75. The molecule has 5 heteroatoms. The van der Waals surface area contributed by atoms with Crippen molar-refractivity contribution in [1.82, 2.24) is 19.5 Å². The van der Waals surface area contributed by atoms with Gasteiger partial charge >= 0.3 is 20.1 Å². The maximum absolute atomic E-state index is 5.02. The topological polar surface area (TPSA) is 43.6 Å². The molecule has 3 aromatic heterocycles. The first-order valence-electron chi connectivity index (χ1n) is 21.9. The molecule has 4 nitrogen and oxygen atoms in total. The van der Waals surface area contributed by atoms with Gasteiger partial charge in [-0.2, -0.15) is 0 Å². The zero-order valence-corrected chi connectivity index (χ0v) is 38.5. The quantitative estimate of drug-likeness (QED) is 0.108. The van der Waals surface area contributed by atoms with E-state index in [1.807, 2.05) is 73.2 Å². The average molecular weight is 1010 g/mol. The second-order valence-electron chi connectivity index (χ2n) is 16.2. The minimum atomic E-state index is 0. The van der Waals surface area contributed by atoms with Crippen LogP contribution in [0.1, 0.15) is 22.4 Å². The monoisotopic (exact) mass is 1010 g/mol. The van der Waals surface area contributed by atoms with Gasteiger partial charge in [0, 0.05) is 31.3 Å². The van der Waals surface area contributed by atoms with Crippen LogP contribution in [0.2, 0.25) is 0 Å². The van der Waals surface area contributed by atoms with Crippen LogP contribution in [-0.2, 0) is 52.8 Å². The summed E-state index contributed by atoms with van der Waals surface area (Å²) in [5, 5.41) is 0. The summed E-state index contributed by atoms with van der Waals surface area (Å²) >= 11 is 0. The first-order valence-corrected chi connectivity index (χ1v) is 21.9. The van der Waals surface area contributed by atoms with Gasteiger partial charge in [-0.15, -0.1) is 107 Å². The number of hydrogen-bond acceptors (Lipinski definition) is 3. The summed E-state index contributed by atoms with van der Waals surface area (Å²) in [5.74, 6) is 0.933. The first kappa shape index (κ1) is 43.0. The molecule has 0 atom stereocenters. The molecule has 10 rings (SSSR count). The Labute approximate surface area is 395 Å². The summed E-state index contributed by atoms with van der Waals surface area (Å²) in [6.45, 7) is 0. The van der Waals surface area contributed by atoms with E-state index in [9.17, 15) is 0 Å². The van der Waals surface area contributed by atoms with Crippen molar-refractivity contribution in [3.8, 4) is 78.4 Å². The van der Waals surface area contributed by atoms with Crippen molar-refractivity contribution in [2.75, 3.05) is 0 Å². The van der Waals surface area contributed by atoms with Crippen molar-refractivity contribution in [1.29, 1.82) is 0 Å². The molecule has 3 heterocycles. The van der Waals surface area contributed by atoms with Gasteiger partial charge in [0.25, 0.3) is 0 Å². The SMILES string of the molecule is Cn1c(CCc2cc(CCc3ccc(-c4[c-]cccc4)nc3)cc(-c3ccccc3-c3ccc(-c4[c-]ccc(-c5ccc(-c6ccccc6)cc5)c4)nc3)c2)cnc1-c1[c-]cccc1.[Ir+3]. The van der Waals surface area contributed by atoms with Gasteiger partial charge in [0.15, 0.2) is 0 Å². The van der Waals surface area contributed by atoms with Gasteiger partial charge < -0.3 is 14.5 Å². The van der Waals surface area contributed by atoms with Crippen LogP contribution >= 0.6 is 0 Å². The minimum Gasteiger partial charge on any atom is -0.371 e. The van der Waals surface area contributed by atoms with Crippen LogP contribution < -0.4 is 0 Å². The zero-order chi connectivity index (χ0) is 43.1. The Hall–Kier alpha value is -7.30. The summed E-state index contributed by atoms with van der Waals surface area (Å²) in [6.07, 6.45) is 9.55. The van der Waals surface area contributed by atoms with Gasteiger partial charge in [-0.05, 0) is 92.7 Å². The molecule has 314 valence electrons. The molecule has 0 bridgehead atoms. The molecule has 7 aromatic carbocycles. The van der Waals surface area contributed by atoms with Gasteiger partial charge in [0.05, 0.1) is 5.82 Å². The van der Waals surface area contributed by atoms with Crippen molar-refractivity contribution in [3.63, 3.8) is 0 Å². The molecule has 0 fully saturated rings. The van der Waals surface area contributed by atoms with Crippen molar-refractivity contribution in [3.05, 3.63) is 247 Å². The number of hydrogen-bond donors (Lipinski definition) is 0. The molecular weight excluding hydrogens is 969 g/mol.